The highest BCUT2D eigenvalue weighted by Gasteiger charge is 2.01. The fourth-order valence-corrected chi connectivity index (χ4v) is 1.93. The summed E-state index contributed by atoms with van der Waals surface area (Å²) >= 11 is 0. The Hall–Kier alpha value is -1.74. The van der Waals surface area contributed by atoms with E-state index in [9.17, 15) is 0 Å². The third-order valence-electron chi connectivity index (χ3n) is 3.04. The van der Waals surface area contributed by atoms with Gasteiger partial charge in [0, 0.05) is 11.5 Å². The van der Waals surface area contributed by atoms with Gasteiger partial charge in [0.05, 0.1) is 0 Å². The Morgan fingerprint density at radius 3 is 2.11 bits per heavy atom. The quantitative estimate of drug-likeness (QED) is 0.579. The molecule has 0 heterocycles. The molecule has 0 atom stereocenters. The van der Waals surface area contributed by atoms with Crippen molar-refractivity contribution in [1.29, 1.82) is 0 Å². The second kappa shape index (κ2) is 6.43. The number of hydrogen-bond donors (Lipinski definition) is 0. The summed E-state index contributed by atoms with van der Waals surface area (Å²) < 4.78 is 0. The van der Waals surface area contributed by atoms with Crippen LogP contribution in [0.3, 0.4) is 0 Å². The van der Waals surface area contributed by atoms with Crippen LogP contribution in [0, 0.1) is 17.8 Å². The molecule has 2 aromatic rings. The fourth-order valence-electron chi connectivity index (χ4n) is 1.93. The highest BCUT2D eigenvalue weighted by Crippen LogP contribution is 2.22. The summed E-state index contributed by atoms with van der Waals surface area (Å²) in [5.41, 5.74) is 2.50. The average molecular weight is 252 g/mol. The maximum Gasteiger partial charge on any atom is 0.0251 e. The van der Waals surface area contributed by atoms with E-state index in [0.717, 1.165) is 5.56 Å². The molecule has 2 rings (SSSR count). The van der Waals surface area contributed by atoms with Crippen molar-refractivity contribution in [2.75, 3.05) is 0 Å². The maximum atomic E-state index is 3.22. The van der Waals surface area contributed by atoms with Gasteiger partial charge in [-0.05, 0) is 34.4 Å². The highest BCUT2D eigenvalue weighted by atomic mass is 14.1. The van der Waals surface area contributed by atoms with E-state index in [1.54, 1.807) is 0 Å². The minimum absolute atomic E-state index is 0. The molecule has 0 amide bonds. The summed E-state index contributed by atoms with van der Waals surface area (Å²) in [6.45, 7) is 8.68. The van der Waals surface area contributed by atoms with E-state index in [2.05, 4.69) is 75.9 Å². The van der Waals surface area contributed by atoms with Gasteiger partial charge >= 0.3 is 0 Å². The second-order valence-electron chi connectivity index (χ2n) is 5.40. The minimum Gasteiger partial charge on any atom is -0.0951 e. The lowest BCUT2D eigenvalue weighted by Gasteiger charge is -2.07. The van der Waals surface area contributed by atoms with Crippen molar-refractivity contribution in [3.63, 3.8) is 0 Å². The third-order valence-corrected chi connectivity index (χ3v) is 3.04. The van der Waals surface area contributed by atoms with Crippen LogP contribution in [-0.2, 0) is 0 Å². The van der Waals surface area contributed by atoms with Crippen molar-refractivity contribution >= 4 is 10.8 Å². The van der Waals surface area contributed by atoms with Crippen LogP contribution in [0.15, 0.2) is 36.4 Å². The molecule has 100 valence electrons. The number of rotatable bonds is 1. The standard InChI is InChI=1S/C18H20.CH4/c1-13(2)5-6-15-7-8-18-12-16(14(3)4)9-10-17(18)11-15;/h7-14H,1-4H3;1H4. The zero-order chi connectivity index (χ0) is 13.1. The van der Waals surface area contributed by atoms with Crippen molar-refractivity contribution in [3.05, 3.63) is 47.5 Å². The predicted molar refractivity (Wildman–Crippen MR) is 86.5 cm³/mol. The minimum atomic E-state index is 0. The van der Waals surface area contributed by atoms with E-state index in [0.29, 0.717) is 11.8 Å². The van der Waals surface area contributed by atoms with E-state index in [-0.39, 0.29) is 7.43 Å². The summed E-state index contributed by atoms with van der Waals surface area (Å²) in [5.74, 6) is 7.43. The van der Waals surface area contributed by atoms with Gasteiger partial charge in [-0.1, -0.05) is 71.2 Å². The first kappa shape index (κ1) is 15.3. The van der Waals surface area contributed by atoms with Crippen molar-refractivity contribution in [3.8, 4) is 11.8 Å². The van der Waals surface area contributed by atoms with Gasteiger partial charge in [-0.2, -0.15) is 0 Å². The van der Waals surface area contributed by atoms with Crippen LogP contribution in [0.1, 0.15) is 52.2 Å². The van der Waals surface area contributed by atoms with Crippen LogP contribution in [0.4, 0.5) is 0 Å². The molecule has 0 saturated heterocycles. The van der Waals surface area contributed by atoms with Crippen molar-refractivity contribution < 1.29 is 0 Å². The Kier molecular flexibility index (Phi) is 5.19. The molecule has 0 spiro atoms. The largest absolute Gasteiger partial charge is 0.0951 e. The van der Waals surface area contributed by atoms with Gasteiger partial charge < -0.3 is 0 Å². The van der Waals surface area contributed by atoms with Gasteiger partial charge in [0.2, 0.25) is 0 Å². The smallest absolute Gasteiger partial charge is 0.0251 e. The van der Waals surface area contributed by atoms with E-state index < -0.39 is 0 Å². The van der Waals surface area contributed by atoms with E-state index in [1.165, 1.54) is 16.3 Å². The number of benzene rings is 2. The molecule has 0 aliphatic heterocycles. The topological polar surface area (TPSA) is 0 Å². The van der Waals surface area contributed by atoms with Crippen molar-refractivity contribution in [2.24, 2.45) is 5.92 Å². The van der Waals surface area contributed by atoms with Gasteiger partial charge in [-0.25, -0.2) is 0 Å². The molecule has 0 N–H and O–H groups in total. The molecular formula is C19H24. The van der Waals surface area contributed by atoms with Gasteiger partial charge in [-0.3, -0.25) is 0 Å². The van der Waals surface area contributed by atoms with Crippen LogP contribution >= 0.6 is 0 Å². The molecule has 0 radical (unpaired) electrons. The number of fused-ring (bicyclic) bond motifs is 1. The lowest BCUT2D eigenvalue weighted by atomic mass is 9.98. The predicted octanol–water partition coefficient (Wildman–Crippen LogP) is 5.61. The molecule has 0 aromatic heterocycles. The molecule has 0 nitrogen and oxygen atoms in total. The van der Waals surface area contributed by atoms with Crippen LogP contribution in [0.25, 0.3) is 10.8 Å². The summed E-state index contributed by atoms with van der Waals surface area (Å²) in [6.07, 6.45) is 0. The first-order valence-electron chi connectivity index (χ1n) is 6.61. The Morgan fingerprint density at radius 2 is 1.47 bits per heavy atom. The molecular weight excluding hydrogens is 228 g/mol. The average Bonchev–Trinajstić information content (AvgIpc) is 2.35. The lowest BCUT2D eigenvalue weighted by Crippen LogP contribution is -1.87. The lowest BCUT2D eigenvalue weighted by molar-refractivity contribution is 0.866. The van der Waals surface area contributed by atoms with Gasteiger partial charge in [-0.15, -0.1) is 0 Å². The van der Waals surface area contributed by atoms with Crippen LogP contribution in [0.5, 0.6) is 0 Å². The molecule has 0 fully saturated rings. The normalized spacial score (nSPS) is 10.2. The first-order chi connectivity index (χ1) is 8.56. The van der Waals surface area contributed by atoms with Crippen molar-refractivity contribution in [2.45, 2.75) is 41.0 Å². The molecule has 0 aliphatic carbocycles. The van der Waals surface area contributed by atoms with Crippen LogP contribution in [0.2, 0.25) is 0 Å². The monoisotopic (exact) mass is 252 g/mol. The molecule has 0 unspecified atom stereocenters. The molecule has 2 aromatic carbocycles. The highest BCUT2D eigenvalue weighted by molar-refractivity contribution is 5.84. The van der Waals surface area contributed by atoms with Crippen LogP contribution < -0.4 is 0 Å². The zero-order valence-corrected chi connectivity index (χ0v) is 11.6. The molecule has 0 bridgehead atoms. The fraction of sp³-hybridized carbons (Fsp3) is 0.368. The van der Waals surface area contributed by atoms with E-state index in [1.807, 2.05) is 0 Å². The van der Waals surface area contributed by atoms with Gasteiger partial charge in [0.15, 0.2) is 0 Å². The Balaban J connectivity index is 0.00000180. The molecule has 0 saturated carbocycles. The van der Waals surface area contributed by atoms with Crippen LogP contribution in [-0.4, -0.2) is 0 Å². The van der Waals surface area contributed by atoms with Gasteiger partial charge in [0.25, 0.3) is 0 Å². The third kappa shape index (κ3) is 3.86. The molecule has 0 aliphatic rings. The zero-order valence-electron chi connectivity index (χ0n) is 11.6. The summed E-state index contributed by atoms with van der Waals surface area (Å²) in [4.78, 5) is 0. The van der Waals surface area contributed by atoms with E-state index in [4.69, 9.17) is 0 Å². The Morgan fingerprint density at radius 1 is 0.842 bits per heavy atom. The maximum absolute atomic E-state index is 3.22. The summed E-state index contributed by atoms with van der Waals surface area (Å²) in [7, 11) is 0. The summed E-state index contributed by atoms with van der Waals surface area (Å²) in [6, 6.07) is 13.2. The van der Waals surface area contributed by atoms with Gasteiger partial charge in [0.1, 0.15) is 0 Å². The SMILES string of the molecule is C.CC(C)C#Cc1ccc2cc(C(C)C)ccc2c1. The van der Waals surface area contributed by atoms with E-state index >= 15 is 0 Å². The summed E-state index contributed by atoms with van der Waals surface area (Å²) in [5, 5.41) is 2.58. The number of hydrogen-bond acceptors (Lipinski definition) is 0. The molecule has 0 heteroatoms. The Bertz CT molecular complexity index is 607. The van der Waals surface area contributed by atoms with Crippen molar-refractivity contribution in [1.82, 2.24) is 0 Å². The second-order valence-corrected chi connectivity index (χ2v) is 5.40. The Labute approximate surface area is 117 Å². The first-order valence-corrected chi connectivity index (χ1v) is 6.61. The molecule has 19 heavy (non-hydrogen) atoms.